The molecule has 0 N–H and O–H groups in total. The Balaban J connectivity index is 1.74. The van der Waals surface area contributed by atoms with Crippen molar-refractivity contribution in [1.29, 1.82) is 0 Å². The molecule has 1 unspecified atom stereocenters. The molecule has 8 heteroatoms. The Morgan fingerprint density at radius 3 is 2.17 bits per heavy atom. The van der Waals surface area contributed by atoms with Gasteiger partial charge in [0.1, 0.15) is 11.9 Å². The molecule has 1 aliphatic heterocycles. The predicted molar refractivity (Wildman–Crippen MR) is 105 cm³/mol. The Kier molecular flexibility index (Phi) is 5.23. The summed E-state index contributed by atoms with van der Waals surface area (Å²) in [6.07, 6.45) is 2.77. The van der Waals surface area contributed by atoms with Crippen molar-refractivity contribution in [2.24, 2.45) is 0 Å². The normalized spacial score (nSPS) is 20.8. The number of carbonyl (C=O) groups excluding carboxylic acids is 2. The van der Waals surface area contributed by atoms with Crippen molar-refractivity contribution < 1.29 is 22.4 Å². The van der Waals surface area contributed by atoms with Crippen LogP contribution in [0.2, 0.25) is 0 Å². The Labute approximate surface area is 169 Å². The summed E-state index contributed by atoms with van der Waals surface area (Å²) in [4.78, 5) is 26.8. The number of para-hydroxylation sites is 1. The smallest absolute Gasteiger partial charge is 0.252 e. The van der Waals surface area contributed by atoms with Gasteiger partial charge in [-0.05, 0) is 49.2 Å². The molecule has 1 heterocycles. The minimum absolute atomic E-state index is 0.0794. The molecule has 1 saturated carbocycles. The molecule has 2 aromatic rings. The summed E-state index contributed by atoms with van der Waals surface area (Å²) in [5, 5.41) is 0. The summed E-state index contributed by atoms with van der Waals surface area (Å²) in [6, 6.07) is 11.6. The molecule has 2 amide bonds. The van der Waals surface area contributed by atoms with E-state index in [1.807, 2.05) is 0 Å². The summed E-state index contributed by atoms with van der Waals surface area (Å²) >= 11 is 0. The second kappa shape index (κ2) is 7.68. The zero-order valence-corrected chi connectivity index (χ0v) is 16.5. The van der Waals surface area contributed by atoms with Gasteiger partial charge in [0.05, 0.1) is 17.0 Å². The summed E-state index contributed by atoms with van der Waals surface area (Å²) in [5.74, 6) is -1.51. The first-order valence-corrected chi connectivity index (χ1v) is 11.0. The van der Waals surface area contributed by atoms with Crippen LogP contribution >= 0.6 is 0 Å². The lowest BCUT2D eigenvalue weighted by molar-refractivity contribution is -0.122. The molecular weight excluding hydrogens is 395 g/mol. The van der Waals surface area contributed by atoms with Crippen LogP contribution < -0.4 is 4.90 Å². The summed E-state index contributed by atoms with van der Waals surface area (Å²) < 4.78 is 41.4. The number of anilines is 1. The molecule has 6 nitrogen and oxygen atoms in total. The molecule has 2 fully saturated rings. The van der Waals surface area contributed by atoms with E-state index in [4.69, 9.17) is 0 Å². The van der Waals surface area contributed by atoms with Crippen molar-refractivity contribution in [3.63, 3.8) is 0 Å². The Morgan fingerprint density at radius 2 is 1.55 bits per heavy atom. The van der Waals surface area contributed by atoms with Gasteiger partial charge in [-0.25, -0.2) is 17.7 Å². The zero-order chi connectivity index (χ0) is 20.6. The molecule has 2 aromatic carbocycles. The Morgan fingerprint density at radius 1 is 0.931 bits per heavy atom. The minimum Gasteiger partial charge on any atom is -0.274 e. The van der Waals surface area contributed by atoms with Crippen molar-refractivity contribution in [2.45, 2.75) is 49.1 Å². The number of imide groups is 1. The number of sulfonamides is 1. The van der Waals surface area contributed by atoms with Crippen LogP contribution in [0.4, 0.5) is 10.1 Å². The second-order valence-electron chi connectivity index (χ2n) is 7.35. The van der Waals surface area contributed by atoms with E-state index in [-0.39, 0.29) is 17.4 Å². The van der Waals surface area contributed by atoms with Crippen LogP contribution in [-0.4, -0.2) is 36.6 Å². The highest BCUT2D eigenvalue weighted by Gasteiger charge is 2.49. The van der Waals surface area contributed by atoms with E-state index in [0.717, 1.165) is 29.9 Å². The fourth-order valence-electron chi connectivity index (χ4n) is 4.17. The van der Waals surface area contributed by atoms with Gasteiger partial charge in [-0.1, -0.05) is 31.0 Å². The SMILES string of the molecule is O=C1CC(N(C2CCCC2)S(=O)(=O)c2ccc(F)cc2)C(=O)N1c1ccccc1. The van der Waals surface area contributed by atoms with E-state index >= 15 is 0 Å². The maximum absolute atomic E-state index is 13.4. The van der Waals surface area contributed by atoms with Crippen LogP contribution in [0, 0.1) is 5.82 Å². The van der Waals surface area contributed by atoms with Crippen molar-refractivity contribution in [3.05, 3.63) is 60.4 Å². The fourth-order valence-corrected chi connectivity index (χ4v) is 5.99. The molecule has 0 spiro atoms. The molecule has 1 atom stereocenters. The number of hydrogen-bond acceptors (Lipinski definition) is 4. The van der Waals surface area contributed by atoms with Gasteiger partial charge in [-0.3, -0.25) is 9.59 Å². The van der Waals surface area contributed by atoms with Crippen LogP contribution in [-0.2, 0) is 19.6 Å². The number of hydrogen-bond donors (Lipinski definition) is 0. The van der Waals surface area contributed by atoms with E-state index in [0.29, 0.717) is 18.5 Å². The van der Waals surface area contributed by atoms with Gasteiger partial charge in [-0.2, -0.15) is 4.31 Å². The number of carbonyl (C=O) groups is 2. The van der Waals surface area contributed by atoms with E-state index < -0.39 is 33.7 Å². The van der Waals surface area contributed by atoms with Crippen molar-refractivity contribution >= 4 is 27.5 Å². The van der Waals surface area contributed by atoms with Crippen molar-refractivity contribution in [2.75, 3.05) is 4.90 Å². The number of rotatable bonds is 5. The number of benzene rings is 2. The van der Waals surface area contributed by atoms with Crippen molar-refractivity contribution in [1.82, 2.24) is 4.31 Å². The molecule has 4 rings (SSSR count). The highest BCUT2D eigenvalue weighted by molar-refractivity contribution is 7.89. The molecule has 0 aromatic heterocycles. The van der Waals surface area contributed by atoms with E-state index in [9.17, 15) is 22.4 Å². The quantitative estimate of drug-likeness (QED) is 0.702. The second-order valence-corrected chi connectivity index (χ2v) is 9.19. The average Bonchev–Trinajstić information content (AvgIpc) is 3.32. The van der Waals surface area contributed by atoms with Crippen LogP contribution in [0.25, 0.3) is 0 Å². The third-order valence-electron chi connectivity index (χ3n) is 5.52. The molecule has 152 valence electrons. The molecule has 1 aliphatic carbocycles. The number of halogens is 1. The van der Waals surface area contributed by atoms with Gasteiger partial charge in [0.2, 0.25) is 15.9 Å². The molecule has 29 heavy (non-hydrogen) atoms. The molecular formula is C21H21FN2O4S. The minimum atomic E-state index is -4.08. The largest absolute Gasteiger partial charge is 0.274 e. The Bertz CT molecular complexity index is 1020. The van der Waals surface area contributed by atoms with Gasteiger partial charge >= 0.3 is 0 Å². The first-order chi connectivity index (χ1) is 13.9. The van der Waals surface area contributed by atoms with E-state index in [1.165, 1.54) is 16.4 Å². The maximum Gasteiger partial charge on any atom is 0.252 e. The lowest BCUT2D eigenvalue weighted by Gasteiger charge is -2.32. The molecule has 0 radical (unpaired) electrons. The third-order valence-corrected chi connectivity index (χ3v) is 7.49. The van der Waals surface area contributed by atoms with Crippen LogP contribution in [0.3, 0.4) is 0 Å². The first kappa shape index (κ1) is 19.7. The summed E-state index contributed by atoms with van der Waals surface area (Å²) in [7, 11) is -4.08. The first-order valence-electron chi connectivity index (χ1n) is 9.60. The summed E-state index contributed by atoms with van der Waals surface area (Å²) in [6.45, 7) is 0. The van der Waals surface area contributed by atoms with Gasteiger partial charge in [0.25, 0.3) is 5.91 Å². The van der Waals surface area contributed by atoms with Crippen molar-refractivity contribution in [3.8, 4) is 0 Å². The maximum atomic E-state index is 13.4. The van der Waals surface area contributed by atoms with Crippen LogP contribution in [0.1, 0.15) is 32.1 Å². The van der Waals surface area contributed by atoms with Gasteiger partial charge in [0, 0.05) is 6.04 Å². The highest BCUT2D eigenvalue weighted by Crippen LogP contribution is 2.35. The topological polar surface area (TPSA) is 74.8 Å². The predicted octanol–water partition coefficient (Wildman–Crippen LogP) is 3.09. The van der Waals surface area contributed by atoms with Gasteiger partial charge in [-0.15, -0.1) is 0 Å². The number of nitrogens with zero attached hydrogens (tertiary/aromatic N) is 2. The fraction of sp³-hybridized carbons (Fsp3) is 0.333. The molecule has 2 aliphatic rings. The standard InChI is InChI=1S/C21H21FN2O4S/c22-15-10-12-18(13-11-15)29(27,28)24(17-8-4-5-9-17)19-14-20(25)23(21(19)26)16-6-2-1-3-7-16/h1-3,6-7,10-13,17,19H,4-5,8-9,14H2. The lowest BCUT2D eigenvalue weighted by atomic mass is 10.2. The highest BCUT2D eigenvalue weighted by atomic mass is 32.2. The monoisotopic (exact) mass is 416 g/mol. The van der Waals surface area contributed by atoms with E-state index in [2.05, 4.69) is 0 Å². The lowest BCUT2D eigenvalue weighted by Crippen LogP contribution is -2.49. The van der Waals surface area contributed by atoms with E-state index in [1.54, 1.807) is 30.3 Å². The van der Waals surface area contributed by atoms with Crippen LogP contribution in [0.5, 0.6) is 0 Å². The zero-order valence-electron chi connectivity index (χ0n) is 15.7. The average molecular weight is 416 g/mol. The number of amides is 2. The van der Waals surface area contributed by atoms with Gasteiger partial charge < -0.3 is 0 Å². The molecule has 1 saturated heterocycles. The Hall–Kier alpha value is -2.58. The summed E-state index contributed by atoms with van der Waals surface area (Å²) in [5.41, 5.74) is 0.426. The molecule has 0 bridgehead atoms. The third kappa shape index (κ3) is 3.58. The van der Waals surface area contributed by atoms with Gasteiger partial charge in [0.15, 0.2) is 0 Å². The van der Waals surface area contributed by atoms with Crippen LogP contribution in [0.15, 0.2) is 59.5 Å².